The Morgan fingerprint density at radius 3 is 2.65 bits per heavy atom. The molecule has 4 nitrogen and oxygen atoms in total. The number of likely N-dealkylation sites (tertiary alicyclic amines) is 1. The molecule has 5 heteroatoms. The number of halogens is 1. The number of carbonyl (C=O) groups is 1. The van der Waals surface area contributed by atoms with Gasteiger partial charge < -0.3 is 14.4 Å². The fraction of sp³-hybridized carbons (Fsp3) is 0.500. The Balaban J connectivity index is 1.72. The summed E-state index contributed by atoms with van der Waals surface area (Å²) in [5.41, 5.74) is 0.839. The van der Waals surface area contributed by atoms with Crippen molar-refractivity contribution in [3.63, 3.8) is 0 Å². The first-order chi connectivity index (χ1) is 11.0. The van der Waals surface area contributed by atoms with Crippen LogP contribution in [0.4, 0.5) is 0 Å². The van der Waals surface area contributed by atoms with Crippen LogP contribution >= 0.6 is 11.6 Å². The summed E-state index contributed by atoms with van der Waals surface area (Å²) < 4.78 is 11.1. The van der Waals surface area contributed by atoms with Gasteiger partial charge in [-0.05, 0) is 42.0 Å². The fourth-order valence-electron chi connectivity index (χ4n) is 3.34. The van der Waals surface area contributed by atoms with Gasteiger partial charge in [0.15, 0.2) is 11.5 Å². The Kier molecular flexibility index (Phi) is 4.81. The van der Waals surface area contributed by atoms with Gasteiger partial charge in [-0.25, -0.2) is 0 Å². The third-order valence-corrected chi connectivity index (χ3v) is 4.50. The molecule has 1 aromatic carbocycles. The first-order valence-electron chi connectivity index (χ1n) is 8.09. The minimum atomic E-state index is 0.0504. The summed E-state index contributed by atoms with van der Waals surface area (Å²) in [5.74, 6) is 2.38. The van der Waals surface area contributed by atoms with Crippen molar-refractivity contribution in [2.75, 3.05) is 26.3 Å². The number of benzene rings is 1. The number of hydrogen-bond acceptors (Lipinski definition) is 3. The van der Waals surface area contributed by atoms with E-state index in [0.717, 1.165) is 18.7 Å². The molecule has 0 spiro atoms. The average molecular weight is 336 g/mol. The summed E-state index contributed by atoms with van der Waals surface area (Å²) >= 11 is 6.22. The average Bonchev–Trinajstić information content (AvgIpc) is 2.52. The van der Waals surface area contributed by atoms with Crippen LogP contribution in [0.5, 0.6) is 11.5 Å². The molecule has 0 aromatic heterocycles. The van der Waals surface area contributed by atoms with Crippen molar-refractivity contribution in [3.05, 3.63) is 28.8 Å². The topological polar surface area (TPSA) is 38.8 Å². The van der Waals surface area contributed by atoms with Crippen molar-refractivity contribution < 1.29 is 14.3 Å². The molecule has 1 amide bonds. The molecule has 0 N–H and O–H groups in total. The largest absolute Gasteiger partial charge is 0.486 e. The van der Waals surface area contributed by atoms with E-state index >= 15 is 0 Å². The molecular weight excluding hydrogens is 314 g/mol. The lowest BCUT2D eigenvalue weighted by Crippen LogP contribution is -2.41. The molecule has 1 aromatic rings. The minimum absolute atomic E-state index is 0.0504. The van der Waals surface area contributed by atoms with E-state index in [1.165, 1.54) is 6.42 Å². The molecule has 0 unspecified atom stereocenters. The van der Waals surface area contributed by atoms with Gasteiger partial charge in [-0.2, -0.15) is 0 Å². The second-order valence-electron chi connectivity index (χ2n) is 6.55. The smallest absolute Gasteiger partial charge is 0.246 e. The second-order valence-corrected chi connectivity index (χ2v) is 6.96. The van der Waals surface area contributed by atoms with Crippen molar-refractivity contribution in [2.24, 2.45) is 11.8 Å². The molecule has 0 saturated carbocycles. The third-order valence-electron chi connectivity index (χ3n) is 4.22. The summed E-state index contributed by atoms with van der Waals surface area (Å²) in [6.07, 6.45) is 4.59. The second kappa shape index (κ2) is 6.83. The molecule has 2 aliphatic heterocycles. The Morgan fingerprint density at radius 1 is 1.22 bits per heavy atom. The van der Waals surface area contributed by atoms with Crippen LogP contribution in [0.15, 0.2) is 18.2 Å². The van der Waals surface area contributed by atoms with E-state index in [4.69, 9.17) is 21.1 Å². The number of amides is 1. The summed E-state index contributed by atoms with van der Waals surface area (Å²) in [4.78, 5) is 14.3. The molecule has 0 bridgehead atoms. The lowest BCUT2D eigenvalue weighted by atomic mass is 9.92. The van der Waals surface area contributed by atoms with Gasteiger partial charge in [0, 0.05) is 19.2 Å². The summed E-state index contributed by atoms with van der Waals surface area (Å²) in [7, 11) is 0. The Morgan fingerprint density at radius 2 is 1.91 bits per heavy atom. The fourth-order valence-corrected chi connectivity index (χ4v) is 3.62. The van der Waals surface area contributed by atoms with Crippen LogP contribution in [0.25, 0.3) is 6.08 Å². The zero-order valence-corrected chi connectivity index (χ0v) is 14.3. The van der Waals surface area contributed by atoms with Crippen molar-refractivity contribution in [3.8, 4) is 11.5 Å². The molecule has 23 heavy (non-hydrogen) atoms. The van der Waals surface area contributed by atoms with Gasteiger partial charge in [0.05, 0.1) is 5.02 Å². The van der Waals surface area contributed by atoms with Gasteiger partial charge in [0.25, 0.3) is 0 Å². The van der Waals surface area contributed by atoms with Crippen LogP contribution < -0.4 is 9.47 Å². The molecular formula is C18H22ClNO3. The molecule has 1 fully saturated rings. The Bertz CT molecular complexity index is 619. The number of rotatable bonds is 2. The van der Waals surface area contributed by atoms with Crippen LogP contribution in [0.1, 0.15) is 25.8 Å². The normalized spacial score (nSPS) is 24.0. The van der Waals surface area contributed by atoms with Gasteiger partial charge in [0.1, 0.15) is 13.2 Å². The van der Waals surface area contributed by atoms with Gasteiger partial charge >= 0.3 is 0 Å². The van der Waals surface area contributed by atoms with E-state index in [-0.39, 0.29) is 5.91 Å². The first kappa shape index (κ1) is 16.2. The van der Waals surface area contributed by atoms with Gasteiger partial charge in [-0.3, -0.25) is 4.79 Å². The maximum absolute atomic E-state index is 12.4. The third kappa shape index (κ3) is 3.81. The quantitative estimate of drug-likeness (QED) is 0.775. The maximum Gasteiger partial charge on any atom is 0.246 e. The van der Waals surface area contributed by atoms with E-state index in [2.05, 4.69) is 13.8 Å². The molecule has 2 atom stereocenters. The van der Waals surface area contributed by atoms with Crippen LogP contribution in [0, 0.1) is 11.8 Å². The molecule has 124 valence electrons. The highest BCUT2D eigenvalue weighted by Gasteiger charge is 2.24. The van der Waals surface area contributed by atoms with Crippen molar-refractivity contribution in [2.45, 2.75) is 20.3 Å². The highest BCUT2D eigenvalue weighted by molar-refractivity contribution is 6.32. The zero-order valence-electron chi connectivity index (χ0n) is 13.5. The number of hydrogen-bond donors (Lipinski definition) is 0. The number of fused-ring (bicyclic) bond motifs is 1. The Hall–Kier alpha value is -1.68. The molecule has 0 radical (unpaired) electrons. The van der Waals surface area contributed by atoms with E-state index in [9.17, 15) is 4.79 Å². The van der Waals surface area contributed by atoms with Gasteiger partial charge in [-0.15, -0.1) is 0 Å². The van der Waals surface area contributed by atoms with Crippen LogP contribution in [-0.4, -0.2) is 37.1 Å². The van der Waals surface area contributed by atoms with E-state index < -0.39 is 0 Å². The monoisotopic (exact) mass is 335 g/mol. The lowest BCUT2D eigenvalue weighted by Gasteiger charge is -2.34. The molecule has 2 heterocycles. The SMILES string of the molecule is C[C@H]1C[C@H](C)CN(C(=O)/C=C/c2cc(Cl)c3c(c2)OCCO3)C1. The van der Waals surface area contributed by atoms with Crippen molar-refractivity contribution >= 4 is 23.6 Å². The first-order valence-corrected chi connectivity index (χ1v) is 8.47. The molecule has 0 aliphatic carbocycles. The van der Waals surface area contributed by atoms with Crippen LogP contribution in [-0.2, 0) is 4.79 Å². The lowest BCUT2D eigenvalue weighted by molar-refractivity contribution is -0.128. The summed E-state index contributed by atoms with van der Waals surface area (Å²) in [5, 5.41) is 0.509. The van der Waals surface area contributed by atoms with E-state index in [0.29, 0.717) is 41.6 Å². The standard InChI is InChI=1S/C18H22ClNO3/c1-12-7-13(2)11-20(10-12)17(21)4-3-14-8-15(19)18-16(9-14)22-5-6-23-18/h3-4,8-9,12-13H,5-7,10-11H2,1-2H3/b4-3+/t12-,13-/m0/s1. The predicted molar refractivity (Wildman–Crippen MR) is 91.0 cm³/mol. The highest BCUT2D eigenvalue weighted by Crippen LogP contribution is 2.38. The summed E-state index contributed by atoms with van der Waals surface area (Å²) in [6, 6.07) is 3.64. The number of carbonyl (C=O) groups excluding carboxylic acids is 1. The molecule has 3 rings (SSSR count). The number of nitrogens with zero attached hydrogens (tertiary/aromatic N) is 1. The minimum Gasteiger partial charge on any atom is -0.486 e. The van der Waals surface area contributed by atoms with E-state index in [1.807, 2.05) is 11.0 Å². The molecule has 1 saturated heterocycles. The van der Waals surface area contributed by atoms with Crippen molar-refractivity contribution in [1.82, 2.24) is 4.90 Å². The molecule has 2 aliphatic rings. The Labute approximate surface area is 142 Å². The highest BCUT2D eigenvalue weighted by atomic mass is 35.5. The predicted octanol–water partition coefficient (Wildman–Crippen LogP) is 3.63. The van der Waals surface area contributed by atoms with Crippen LogP contribution in [0.2, 0.25) is 5.02 Å². The number of ether oxygens (including phenoxy) is 2. The van der Waals surface area contributed by atoms with Crippen LogP contribution in [0.3, 0.4) is 0 Å². The maximum atomic E-state index is 12.4. The van der Waals surface area contributed by atoms with Gasteiger partial charge in [-0.1, -0.05) is 25.4 Å². The summed E-state index contributed by atoms with van der Waals surface area (Å²) in [6.45, 7) is 7.07. The zero-order chi connectivity index (χ0) is 16.4. The van der Waals surface area contributed by atoms with Gasteiger partial charge in [0.2, 0.25) is 5.91 Å². The van der Waals surface area contributed by atoms with Crippen molar-refractivity contribution in [1.29, 1.82) is 0 Å². The number of piperidine rings is 1. The van der Waals surface area contributed by atoms with E-state index in [1.54, 1.807) is 18.2 Å².